The fraction of sp³-hybridized carbons (Fsp3) is 0.462. The summed E-state index contributed by atoms with van der Waals surface area (Å²) < 4.78 is 7.43. The van der Waals surface area contributed by atoms with Gasteiger partial charge in [-0.15, -0.1) is 0 Å². The van der Waals surface area contributed by atoms with Crippen molar-refractivity contribution in [2.75, 3.05) is 11.9 Å². The van der Waals surface area contributed by atoms with Gasteiger partial charge in [0, 0.05) is 30.7 Å². The van der Waals surface area contributed by atoms with Crippen LogP contribution in [0.25, 0.3) is 0 Å². The fourth-order valence-corrected chi connectivity index (χ4v) is 1.64. The van der Waals surface area contributed by atoms with Gasteiger partial charge >= 0.3 is 0 Å². The Bertz CT molecular complexity index is 510. The Labute approximate surface area is 112 Å². The Morgan fingerprint density at radius 3 is 2.89 bits per heavy atom. The van der Waals surface area contributed by atoms with E-state index in [4.69, 9.17) is 4.74 Å². The molecule has 2 heterocycles. The monoisotopic (exact) mass is 261 g/mol. The molecule has 0 saturated heterocycles. The van der Waals surface area contributed by atoms with Gasteiger partial charge in [-0.05, 0) is 26.8 Å². The molecule has 19 heavy (non-hydrogen) atoms. The summed E-state index contributed by atoms with van der Waals surface area (Å²) in [6, 6.07) is 3.73. The maximum atomic E-state index is 5.58. The van der Waals surface area contributed by atoms with Gasteiger partial charge < -0.3 is 10.1 Å². The van der Waals surface area contributed by atoms with Gasteiger partial charge in [-0.3, -0.25) is 4.68 Å². The number of anilines is 1. The maximum Gasteiger partial charge on any atom is 0.226 e. The molecule has 0 aromatic carbocycles. The first kappa shape index (κ1) is 13.3. The van der Waals surface area contributed by atoms with Crippen LogP contribution in [0.4, 0.5) is 5.95 Å². The van der Waals surface area contributed by atoms with Crippen molar-refractivity contribution in [1.82, 2.24) is 19.7 Å². The Balaban J connectivity index is 1.93. The van der Waals surface area contributed by atoms with E-state index in [9.17, 15) is 0 Å². The molecule has 0 amide bonds. The minimum atomic E-state index is 0.103. The predicted octanol–water partition coefficient (Wildman–Crippen LogP) is 1.88. The molecule has 0 saturated carbocycles. The molecule has 0 fully saturated rings. The molecule has 0 aliphatic carbocycles. The summed E-state index contributed by atoms with van der Waals surface area (Å²) >= 11 is 0. The first-order valence-corrected chi connectivity index (χ1v) is 6.37. The molecule has 2 aromatic rings. The molecular weight excluding hydrogens is 242 g/mol. The van der Waals surface area contributed by atoms with Crippen molar-refractivity contribution < 1.29 is 4.74 Å². The lowest BCUT2D eigenvalue weighted by Gasteiger charge is -2.11. The topological polar surface area (TPSA) is 64.9 Å². The third kappa shape index (κ3) is 4.24. The van der Waals surface area contributed by atoms with Crippen molar-refractivity contribution in [1.29, 1.82) is 0 Å². The van der Waals surface area contributed by atoms with Crippen LogP contribution in [0.2, 0.25) is 0 Å². The van der Waals surface area contributed by atoms with Crippen molar-refractivity contribution in [3.05, 3.63) is 30.2 Å². The molecule has 0 aliphatic heterocycles. The normalized spacial score (nSPS) is 10.7. The second-order valence-electron chi connectivity index (χ2n) is 4.53. The van der Waals surface area contributed by atoms with Crippen LogP contribution in [-0.4, -0.2) is 32.4 Å². The molecule has 102 valence electrons. The lowest BCUT2D eigenvalue weighted by Crippen LogP contribution is -2.14. The second kappa shape index (κ2) is 6.17. The van der Waals surface area contributed by atoms with Crippen molar-refractivity contribution in [3.8, 4) is 5.88 Å². The first-order chi connectivity index (χ1) is 9.13. The zero-order chi connectivity index (χ0) is 13.7. The molecule has 0 bridgehead atoms. The minimum Gasteiger partial charge on any atom is -0.475 e. The Hall–Kier alpha value is -2.11. The Morgan fingerprint density at radius 2 is 2.21 bits per heavy atom. The number of ether oxygens (including phenoxy) is 1. The minimum absolute atomic E-state index is 0.103. The van der Waals surface area contributed by atoms with Crippen LogP contribution in [0.5, 0.6) is 5.88 Å². The standard InChI is InChI=1S/C13H19N5O/c1-10(2)19-12-9-11(3)16-13(17-12)14-6-8-18-7-4-5-15-18/h4-5,7,9-10H,6,8H2,1-3H3,(H,14,16,17). The first-order valence-electron chi connectivity index (χ1n) is 6.37. The van der Waals surface area contributed by atoms with Crippen molar-refractivity contribution in [2.45, 2.75) is 33.4 Å². The van der Waals surface area contributed by atoms with E-state index < -0.39 is 0 Å². The summed E-state index contributed by atoms with van der Waals surface area (Å²) in [5.41, 5.74) is 0.882. The summed E-state index contributed by atoms with van der Waals surface area (Å²) in [4.78, 5) is 8.65. The fourth-order valence-electron chi connectivity index (χ4n) is 1.64. The van der Waals surface area contributed by atoms with Crippen LogP contribution in [0.1, 0.15) is 19.5 Å². The van der Waals surface area contributed by atoms with Crippen LogP contribution in [0, 0.1) is 6.92 Å². The summed E-state index contributed by atoms with van der Waals surface area (Å²) in [7, 11) is 0. The number of nitrogens with one attached hydrogen (secondary N) is 1. The van der Waals surface area contributed by atoms with Gasteiger partial charge in [-0.1, -0.05) is 0 Å². The third-order valence-corrected chi connectivity index (χ3v) is 2.37. The van der Waals surface area contributed by atoms with Crippen LogP contribution >= 0.6 is 0 Å². The molecule has 6 nitrogen and oxygen atoms in total. The SMILES string of the molecule is Cc1cc(OC(C)C)nc(NCCn2cccn2)n1. The molecular formula is C13H19N5O. The number of aryl methyl sites for hydroxylation is 1. The molecule has 1 N–H and O–H groups in total. The Morgan fingerprint density at radius 1 is 1.37 bits per heavy atom. The largest absolute Gasteiger partial charge is 0.475 e. The van der Waals surface area contributed by atoms with Gasteiger partial charge in [-0.2, -0.15) is 10.1 Å². The van der Waals surface area contributed by atoms with E-state index in [-0.39, 0.29) is 6.10 Å². The van der Waals surface area contributed by atoms with Gasteiger partial charge in [0.1, 0.15) is 0 Å². The van der Waals surface area contributed by atoms with Crippen molar-refractivity contribution in [2.24, 2.45) is 0 Å². The number of aromatic nitrogens is 4. The van der Waals surface area contributed by atoms with E-state index in [1.807, 2.05) is 43.8 Å². The van der Waals surface area contributed by atoms with Gasteiger partial charge in [0.15, 0.2) is 0 Å². The van der Waals surface area contributed by atoms with Crippen LogP contribution < -0.4 is 10.1 Å². The lowest BCUT2D eigenvalue weighted by molar-refractivity contribution is 0.232. The number of rotatable bonds is 6. The average Bonchev–Trinajstić information content (AvgIpc) is 2.80. The van der Waals surface area contributed by atoms with E-state index in [1.165, 1.54) is 0 Å². The number of hydrogen-bond acceptors (Lipinski definition) is 5. The van der Waals surface area contributed by atoms with Crippen LogP contribution in [0.3, 0.4) is 0 Å². The Kier molecular flexibility index (Phi) is 4.33. The van der Waals surface area contributed by atoms with Crippen molar-refractivity contribution >= 4 is 5.95 Å². The van der Waals surface area contributed by atoms with Gasteiger partial charge in [-0.25, -0.2) is 4.98 Å². The summed E-state index contributed by atoms with van der Waals surface area (Å²) in [6.07, 6.45) is 3.79. The van der Waals surface area contributed by atoms with E-state index in [0.29, 0.717) is 18.4 Å². The molecule has 0 spiro atoms. The van der Waals surface area contributed by atoms with E-state index in [1.54, 1.807) is 6.20 Å². The van der Waals surface area contributed by atoms with Crippen LogP contribution in [-0.2, 0) is 6.54 Å². The third-order valence-electron chi connectivity index (χ3n) is 2.37. The molecule has 2 rings (SSSR count). The van der Waals surface area contributed by atoms with E-state index in [2.05, 4.69) is 20.4 Å². The predicted molar refractivity (Wildman–Crippen MR) is 73.2 cm³/mol. The molecule has 0 aliphatic rings. The highest BCUT2D eigenvalue weighted by atomic mass is 16.5. The maximum absolute atomic E-state index is 5.58. The smallest absolute Gasteiger partial charge is 0.226 e. The zero-order valence-electron chi connectivity index (χ0n) is 11.5. The van der Waals surface area contributed by atoms with Crippen LogP contribution in [0.15, 0.2) is 24.5 Å². The van der Waals surface area contributed by atoms with E-state index >= 15 is 0 Å². The average molecular weight is 261 g/mol. The highest BCUT2D eigenvalue weighted by Gasteiger charge is 2.04. The van der Waals surface area contributed by atoms with Gasteiger partial charge in [0.2, 0.25) is 11.8 Å². The molecule has 6 heteroatoms. The number of hydrogen-bond donors (Lipinski definition) is 1. The highest BCUT2D eigenvalue weighted by Crippen LogP contribution is 2.13. The highest BCUT2D eigenvalue weighted by molar-refractivity contribution is 5.30. The molecule has 0 unspecified atom stereocenters. The molecule has 0 radical (unpaired) electrons. The molecule has 0 atom stereocenters. The van der Waals surface area contributed by atoms with Crippen molar-refractivity contribution in [3.63, 3.8) is 0 Å². The second-order valence-corrected chi connectivity index (χ2v) is 4.53. The number of nitrogens with zero attached hydrogens (tertiary/aromatic N) is 4. The van der Waals surface area contributed by atoms with Gasteiger partial charge in [0.25, 0.3) is 0 Å². The molecule has 2 aromatic heterocycles. The zero-order valence-corrected chi connectivity index (χ0v) is 11.5. The summed E-state index contributed by atoms with van der Waals surface area (Å²) in [5.74, 6) is 1.19. The van der Waals surface area contributed by atoms with E-state index in [0.717, 1.165) is 12.2 Å². The lowest BCUT2D eigenvalue weighted by atomic mass is 10.4. The van der Waals surface area contributed by atoms with Gasteiger partial charge in [0.05, 0.1) is 12.6 Å². The quantitative estimate of drug-likeness (QED) is 0.860. The summed E-state index contributed by atoms with van der Waals surface area (Å²) in [5, 5.41) is 7.31. The summed E-state index contributed by atoms with van der Waals surface area (Å²) in [6.45, 7) is 7.36.